The number of alkyl halides is 2. The third-order valence-corrected chi connectivity index (χ3v) is 6.63. The van der Waals surface area contributed by atoms with Gasteiger partial charge in [0.2, 0.25) is 0 Å². The third-order valence-electron chi connectivity index (χ3n) is 6.63. The Morgan fingerprint density at radius 2 is 1.85 bits per heavy atom. The first-order valence-corrected chi connectivity index (χ1v) is 12.3. The van der Waals surface area contributed by atoms with Crippen LogP contribution in [-0.2, 0) is 0 Å². The van der Waals surface area contributed by atoms with E-state index in [9.17, 15) is 18.4 Å². The number of amides is 2. The Morgan fingerprint density at radius 3 is 2.51 bits per heavy atom. The molecular weight excluding hydrogens is 510 g/mol. The van der Waals surface area contributed by atoms with E-state index in [4.69, 9.17) is 5.11 Å². The minimum absolute atomic E-state index is 0.0727. The van der Waals surface area contributed by atoms with Crippen LogP contribution in [0.5, 0.6) is 5.75 Å². The van der Waals surface area contributed by atoms with Crippen molar-refractivity contribution in [3.63, 3.8) is 0 Å². The number of carbonyl (C=O) groups is 2. The highest BCUT2D eigenvalue weighted by molar-refractivity contribution is 5.96. The molecule has 2 aromatic heterocycles. The molecule has 202 valence electrons. The van der Waals surface area contributed by atoms with Gasteiger partial charge in [0, 0.05) is 48.3 Å². The third kappa shape index (κ3) is 5.74. The molecule has 0 radical (unpaired) electrons. The fraction of sp³-hybridized carbons (Fsp3) is 0.259. The van der Waals surface area contributed by atoms with E-state index >= 15 is 0 Å². The lowest BCUT2D eigenvalue weighted by atomic mass is 10.0. The monoisotopic (exact) mass is 536 g/mol. The van der Waals surface area contributed by atoms with Crippen molar-refractivity contribution in [2.75, 3.05) is 18.4 Å². The number of hydrogen-bond donors (Lipinski definition) is 3. The predicted octanol–water partition coefficient (Wildman–Crippen LogP) is 4.92. The number of nitrogens with one attached hydrogen (secondary N) is 2. The Labute approximate surface area is 222 Å². The molecule has 5 rings (SSSR count). The van der Waals surface area contributed by atoms with E-state index in [1.165, 1.54) is 12.1 Å². The average molecular weight is 537 g/mol. The molecule has 0 aliphatic carbocycles. The van der Waals surface area contributed by atoms with Gasteiger partial charge in [-0.2, -0.15) is 8.78 Å². The van der Waals surface area contributed by atoms with Crippen LogP contribution in [0.15, 0.2) is 61.1 Å². The molecule has 10 nitrogen and oxygen atoms in total. The molecule has 4 aromatic rings. The second-order valence-corrected chi connectivity index (χ2v) is 9.19. The summed E-state index contributed by atoms with van der Waals surface area (Å²) in [5.74, 6) is 0.493. The van der Waals surface area contributed by atoms with Gasteiger partial charge in [-0.3, -0.25) is 9.20 Å². The van der Waals surface area contributed by atoms with Crippen LogP contribution in [0.3, 0.4) is 0 Å². The number of imidazole rings is 1. The standard InChI is InChI=1S/C27H26F2N6O4/c1-16-14-19(4-7-21(16)25(36)34-11-8-18(9-12-34)33-27(37)38)32-23-24-31-15-22(35(24)13-10-30-23)17-2-5-20(6-3-17)39-26(28)29/h2-7,10,13-15,18,26,33H,8-9,11-12H2,1H3,(H,30,32)(H,37,38). The molecule has 0 bridgehead atoms. The van der Waals surface area contributed by atoms with E-state index in [0.717, 1.165) is 22.5 Å². The molecule has 1 fully saturated rings. The van der Waals surface area contributed by atoms with Crippen molar-refractivity contribution >= 4 is 29.2 Å². The normalized spacial score (nSPS) is 14.0. The van der Waals surface area contributed by atoms with Crippen molar-refractivity contribution in [3.8, 4) is 17.0 Å². The molecular formula is C27H26F2N6O4. The Morgan fingerprint density at radius 1 is 1.10 bits per heavy atom. The fourth-order valence-electron chi connectivity index (χ4n) is 4.72. The molecule has 3 heterocycles. The molecule has 3 N–H and O–H groups in total. The number of ether oxygens (including phenoxy) is 1. The lowest BCUT2D eigenvalue weighted by Crippen LogP contribution is -2.46. The quantitative estimate of drug-likeness (QED) is 0.307. The van der Waals surface area contributed by atoms with Crippen LogP contribution in [0.1, 0.15) is 28.8 Å². The Kier molecular flexibility index (Phi) is 7.26. The number of fused-ring (bicyclic) bond motifs is 1. The zero-order valence-corrected chi connectivity index (χ0v) is 21.0. The number of benzene rings is 2. The maximum atomic E-state index is 13.1. The van der Waals surface area contributed by atoms with E-state index in [1.807, 2.05) is 17.4 Å². The van der Waals surface area contributed by atoms with Crippen LogP contribution in [-0.4, -0.2) is 62.1 Å². The predicted molar refractivity (Wildman–Crippen MR) is 140 cm³/mol. The number of aryl methyl sites for hydroxylation is 1. The molecule has 2 aromatic carbocycles. The summed E-state index contributed by atoms with van der Waals surface area (Å²) in [7, 11) is 0. The Hall–Kier alpha value is -4.74. The highest BCUT2D eigenvalue weighted by atomic mass is 19.3. The summed E-state index contributed by atoms with van der Waals surface area (Å²) in [6, 6.07) is 11.6. The first-order valence-electron chi connectivity index (χ1n) is 12.3. The summed E-state index contributed by atoms with van der Waals surface area (Å²) >= 11 is 0. The first-order chi connectivity index (χ1) is 18.8. The fourth-order valence-corrected chi connectivity index (χ4v) is 4.72. The summed E-state index contributed by atoms with van der Waals surface area (Å²) in [5, 5.41) is 14.6. The summed E-state index contributed by atoms with van der Waals surface area (Å²) in [5.41, 5.74) is 4.18. The van der Waals surface area contributed by atoms with Gasteiger partial charge in [-0.1, -0.05) is 0 Å². The molecule has 12 heteroatoms. The lowest BCUT2D eigenvalue weighted by molar-refractivity contribution is -0.0498. The minimum Gasteiger partial charge on any atom is -0.465 e. The molecule has 39 heavy (non-hydrogen) atoms. The number of rotatable bonds is 7. The van der Waals surface area contributed by atoms with Crippen LogP contribution in [0.2, 0.25) is 0 Å². The topological polar surface area (TPSA) is 121 Å². The van der Waals surface area contributed by atoms with Crippen molar-refractivity contribution in [1.82, 2.24) is 24.6 Å². The highest BCUT2D eigenvalue weighted by Crippen LogP contribution is 2.28. The summed E-state index contributed by atoms with van der Waals surface area (Å²) in [4.78, 5) is 34.6. The van der Waals surface area contributed by atoms with Crippen LogP contribution < -0.4 is 15.4 Å². The van der Waals surface area contributed by atoms with Gasteiger partial charge in [-0.25, -0.2) is 14.8 Å². The number of carbonyl (C=O) groups excluding carboxylic acids is 1. The van der Waals surface area contributed by atoms with E-state index in [2.05, 4.69) is 25.3 Å². The Bertz CT molecular complexity index is 1500. The molecule has 1 aliphatic rings. The molecule has 2 amide bonds. The largest absolute Gasteiger partial charge is 0.465 e. The highest BCUT2D eigenvalue weighted by Gasteiger charge is 2.25. The second-order valence-electron chi connectivity index (χ2n) is 9.19. The number of nitrogens with zero attached hydrogens (tertiary/aromatic N) is 4. The zero-order valence-electron chi connectivity index (χ0n) is 21.0. The van der Waals surface area contributed by atoms with E-state index < -0.39 is 12.7 Å². The molecule has 0 saturated carbocycles. The van der Waals surface area contributed by atoms with E-state index in [1.54, 1.807) is 47.8 Å². The molecule has 0 atom stereocenters. The molecule has 1 saturated heterocycles. The van der Waals surface area contributed by atoms with Crippen molar-refractivity contribution in [2.45, 2.75) is 32.4 Å². The van der Waals surface area contributed by atoms with Crippen LogP contribution >= 0.6 is 0 Å². The average Bonchev–Trinajstić information content (AvgIpc) is 3.34. The molecule has 0 spiro atoms. The van der Waals surface area contributed by atoms with Crippen LogP contribution in [0, 0.1) is 6.92 Å². The summed E-state index contributed by atoms with van der Waals surface area (Å²) in [6.07, 6.45) is 5.16. The Balaban J connectivity index is 1.30. The van der Waals surface area contributed by atoms with Crippen LogP contribution in [0.25, 0.3) is 16.9 Å². The first kappa shape index (κ1) is 25.9. The number of piperidine rings is 1. The van der Waals surface area contributed by atoms with Crippen LogP contribution in [0.4, 0.5) is 25.1 Å². The van der Waals surface area contributed by atoms with Gasteiger partial charge in [0.15, 0.2) is 11.5 Å². The van der Waals surface area contributed by atoms with Gasteiger partial charge < -0.3 is 25.4 Å². The van der Waals surface area contributed by atoms with Crippen molar-refractivity contribution < 1.29 is 28.2 Å². The maximum Gasteiger partial charge on any atom is 0.404 e. The van der Waals surface area contributed by atoms with Crippen molar-refractivity contribution in [2.24, 2.45) is 0 Å². The molecule has 1 aliphatic heterocycles. The smallest absolute Gasteiger partial charge is 0.404 e. The van der Waals surface area contributed by atoms with Gasteiger partial charge in [0.25, 0.3) is 5.91 Å². The van der Waals surface area contributed by atoms with Crippen molar-refractivity contribution in [3.05, 3.63) is 72.2 Å². The SMILES string of the molecule is Cc1cc(Nc2nccn3c(-c4ccc(OC(F)F)cc4)cnc23)ccc1C(=O)N1CCC(NC(=O)O)CC1. The van der Waals surface area contributed by atoms with Gasteiger partial charge in [-0.05, 0) is 67.8 Å². The minimum atomic E-state index is -2.89. The van der Waals surface area contributed by atoms with Crippen molar-refractivity contribution in [1.29, 1.82) is 0 Å². The molecule has 0 unspecified atom stereocenters. The number of aromatic nitrogens is 3. The van der Waals surface area contributed by atoms with Gasteiger partial charge in [-0.15, -0.1) is 0 Å². The van der Waals surface area contributed by atoms with Gasteiger partial charge in [0.1, 0.15) is 5.75 Å². The maximum absolute atomic E-state index is 13.1. The number of likely N-dealkylation sites (tertiary alicyclic amines) is 1. The zero-order chi connectivity index (χ0) is 27.5. The number of hydrogen-bond acceptors (Lipinski definition) is 6. The second kappa shape index (κ2) is 10.9. The number of halogens is 2. The summed E-state index contributed by atoms with van der Waals surface area (Å²) < 4.78 is 31.2. The number of carboxylic acid groups (broad SMARTS) is 1. The van der Waals surface area contributed by atoms with E-state index in [-0.39, 0.29) is 17.7 Å². The van der Waals surface area contributed by atoms with Gasteiger partial charge >= 0.3 is 12.7 Å². The van der Waals surface area contributed by atoms with E-state index in [0.29, 0.717) is 43.0 Å². The number of anilines is 2. The van der Waals surface area contributed by atoms with Gasteiger partial charge in [0.05, 0.1) is 11.9 Å². The lowest BCUT2D eigenvalue weighted by Gasteiger charge is -2.32. The summed E-state index contributed by atoms with van der Waals surface area (Å²) in [6.45, 7) is -0.0542.